The molecule has 8 aromatic carbocycles. The van der Waals surface area contributed by atoms with E-state index in [9.17, 15) is 87.4 Å². The molecule has 44 heteroatoms. The molecule has 658 valence electrons. The quantitative estimate of drug-likeness (QED) is 0.00347. The normalized spacial score (nSPS) is 9.27. The Kier molecular flexibility index (Phi) is 67.1. The number of amides is 4. The van der Waals surface area contributed by atoms with Crippen LogP contribution in [0.4, 0.5) is 43.9 Å². The highest BCUT2D eigenvalue weighted by Crippen LogP contribution is 2.28. The van der Waals surface area contributed by atoms with Crippen LogP contribution < -0.4 is 42.6 Å². The topological polar surface area (TPSA) is 384 Å². The number of benzene rings is 8. The van der Waals surface area contributed by atoms with Crippen molar-refractivity contribution in [3.8, 4) is 29.1 Å². The minimum Gasteiger partial charge on any atom is -0.508 e. The van der Waals surface area contributed by atoms with Gasteiger partial charge in [-0.2, -0.15) is 0 Å². The standard InChI is InChI=1S/C20H21F2NO3.C19H19F2NO3.C11H14O3.C9H8F2O2.2C8H8F2N2O.C4H6.CH4.2B4.BBr3.H2N2.H2O.2H2/c1-4-14-12(2)19(26-3)8-6-15(14)18(24)11-23-20(25)10-13-5-7-16(21)17(22)9-13;1-3-13-11(2)17(23)7-5-14(13)18(24)10-22-19(25)9-12-4-6-15(20)16(21)8-12;1-4-8-7(2)10(14-3)6-5-9(8)11(12)13;1-13-9(12)5-6-2-3-7(10)8(11)4-6;2*9-6-2-1-5(3-7(6)10)4-8(13)12-11;1-3-4-2;;2*1-4(2)3;2-1(3)4;1-2;;;/h5-9H,4,10-11H2,1-3H3,(H,23,25);4-8,23H,3,9-10H2,1-2H3,(H,22,25);5-6H,4H2,1-3H3,(H,12,13);2-4H,5H2,1H3;2*1-3H,4,11H2,(H,12,13);1-2H3;1H4;;;;1-2H;1H2;2*1H/i;;;;;;;;;;;;;1+1;. The van der Waals surface area contributed by atoms with Crippen molar-refractivity contribution in [2.45, 2.75) is 114 Å². The first-order valence-electron chi connectivity index (χ1n) is 35.6. The van der Waals surface area contributed by atoms with Crippen LogP contribution in [0, 0.1) is 102 Å². The number of ketones is 2. The second kappa shape index (κ2) is 68.1. The number of methoxy groups -OCH3 is 3. The van der Waals surface area contributed by atoms with Crippen LogP contribution in [0.1, 0.15) is 137 Å². The van der Waals surface area contributed by atoms with Crippen molar-refractivity contribution < 1.29 is 115 Å². The number of phenols is 1. The van der Waals surface area contributed by atoms with E-state index in [0.29, 0.717) is 75.1 Å². The number of Topliss-reactive ketones (excluding diaryl/α,β-unsaturated/α-hetero) is 2. The fraction of sp³-hybridized carbons (Fsp3) is 0.275. The summed E-state index contributed by atoms with van der Waals surface area (Å²) in [6.07, 6.45) is 0.142. The van der Waals surface area contributed by atoms with Gasteiger partial charge in [0.25, 0.3) is 0 Å². The van der Waals surface area contributed by atoms with Crippen LogP contribution in [0.5, 0.6) is 17.2 Å². The second-order valence-corrected chi connectivity index (χ2v) is 30.5. The Hall–Kier alpha value is -10.3. The fourth-order valence-electron chi connectivity index (χ4n) is 9.75. The third-order valence-corrected chi connectivity index (χ3v) is 15.4. The zero-order valence-electron chi connectivity index (χ0n) is 68.8. The summed E-state index contributed by atoms with van der Waals surface area (Å²) < 4.78 is 142. The number of hydrogen-bond acceptors (Lipinski definition) is 16. The Morgan fingerprint density at radius 3 is 0.919 bits per heavy atom. The molecule has 0 bridgehead atoms. The summed E-state index contributed by atoms with van der Waals surface area (Å²) in [5.41, 5.74) is 21.9. The van der Waals surface area contributed by atoms with Crippen LogP contribution in [0.15, 0.2) is 127 Å². The van der Waals surface area contributed by atoms with Crippen LogP contribution in [0.25, 0.3) is 0 Å². The number of rotatable bonds is 22. The summed E-state index contributed by atoms with van der Waals surface area (Å²) >= 11 is 9.31. The van der Waals surface area contributed by atoms with Gasteiger partial charge in [-0.05, 0) is 212 Å². The summed E-state index contributed by atoms with van der Waals surface area (Å²) in [7, 11) is 32.4. The molecule has 124 heavy (non-hydrogen) atoms. The highest BCUT2D eigenvalue weighted by atomic mass is 79.9. The number of carboxylic acid groups (broad SMARTS) is 1. The Morgan fingerprint density at radius 2 is 0.685 bits per heavy atom. The number of carbonyl (C=O) groups excluding carboxylic acids is 7. The summed E-state index contributed by atoms with van der Waals surface area (Å²) in [5, 5.41) is 23.7. The Morgan fingerprint density at radius 1 is 0.444 bits per heavy atom. The van der Waals surface area contributed by atoms with E-state index >= 15 is 0 Å². The van der Waals surface area contributed by atoms with E-state index in [1.807, 2.05) is 59.3 Å². The molecule has 0 unspecified atom stereocenters. The molecule has 0 aliphatic rings. The number of ether oxygens (including phenoxy) is 3. The van der Waals surface area contributed by atoms with Crippen molar-refractivity contribution in [3.63, 3.8) is 0 Å². The average molecular weight is 1920 g/mol. The molecular formula is C80H96B9Br3F10N8O14. The van der Waals surface area contributed by atoms with Gasteiger partial charge >= 0.3 is 15.1 Å². The summed E-state index contributed by atoms with van der Waals surface area (Å²) in [6, 6.07) is 26.0. The molecule has 8 rings (SSSR count). The van der Waals surface area contributed by atoms with Crippen LogP contribution in [0.2, 0.25) is 0 Å². The van der Waals surface area contributed by atoms with Gasteiger partial charge in [0.1, 0.15) is 17.2 Å². The first-order chi connectivity index (χ1) is 57.3. The number of nitrogens with two attached hydrogens (primary N) is 2. The lowest BCUT2D eigenvalue weighted by Gasteiger charge is -2.14. The lowest BCUT2D eigenvalue weighted by Crippen LogP contribution is -2.31. The molecule has 22 nitrogen and oxygen atoms in total. The number of aromatic hydroxyl groups is 1. The minimum absolute atomic E-state index is 0. The number of carbonyl (C=O) groups is 8. The number of hydrazine groups is 2. The van der Waals surface area contributed by atoms with Gasteiger partial charge in [0.05, 0.1) is 72.1 Å². The molecule has 0 atom stereocenters. The van der Waals surface area contributed by atoms with Crippen LogP contribution in [0.3, 0.4) is 0 Å². The predicted molar refractivity (Wildman–Crippen MR) is 483 cm³/mol. The van der Waals surface area contributed by atoms with Gasteiger partial charge in [-0.3, -0.25) is 44.4 Å². The van der Waals surface area contributed by atoms with Gasteiger partial charge in [0, 0.05) is 73.2 Å². The average Bonchev–Trinajstić information content (AvgIpc) is 0.819. The lowest BCUT2D eigenvalue weighted by molar-refractivity contribution is -0.139. The van der Waals surface area contributed by atoms with E-state index in [4.69, 9.17) is 37.3 Å². The molecule has 0 spiro atoms. The van der Waals surface area contributed by atoms with E-state index in [-0.39, 0.29) is 81.5 Å². The summed E-state index contributed by atoms with van der Waals surface area (Å²) in [5.74, 6) is 3.25. The predicted octanol–water partition coefficient (Wildman–Crippen LogP) is 12.4. The minimum atomic E-state index is -1.02. The first-order valence-corrected chi connectivity index (χ1v) is 38.3. The van der Waals surface area contributed by atoms with Crippen molar-refractivity contribution in [1.29, 1.82) is 11.1 Å². The van der Waals surface area contributed by atoms with E-state index in [1.165, 1.54) is 49.6 Å². The molecule has 0 fully saturated rings. The zero-order valence-corrected chi connectivity index (χ0v) is 73.6. The lowest BCUT2D eigenvalue weighted by atomic mass is 9.08. The maximum absolute atomic E-state index is 13.2. The maximum atomic E-state index is 13.2. The van der Waals surface area contributed by atoms with Crippen LogP contribution >= 0.6 is 47.3 Å². The van der Waals surface area contributed by atoms with Gasteiger partial charge in [0.2, 0.25) is 23.6 Å². The van der Waals surface area contributed by atoms with E-state index in [2.05, 4.69) is 121 Å². The van der Waals surface area contributed by atoms with Crippen molar-refractivity contribution in [2.75, 3.05) is 34.4 Å². The first kappa shape index (κ1) is 122. The molecule has 8 aromatic rings. The van der Waals surface area contributed by atoms with Crippen molar-refractivity contribution in [2.24, 2.45) is 11.7 Å². The Balaban J connectivity index is -0.000000263. The van der Waals surface area contributed by atoms with Gasteiger partial charge in [0.15, 0.2) is 69.7 Å². The molecular weight excluding hydrogens is 1820 g/mol. The zero-order chi connectivity index (χ0) is 94.2. The van der Waals surface area contributed by atoms with Gasteiger partial charge in [-0.15, -0.1) is 59.1 Å². The number of esters is 1. The molecule has 0 saturated heterocycles. The number of phenolic OH excluding ortho intramolecular Hbond substituents is 1. The summed E-state index contributed by atoms with van der Waals surface area (Å²) in [4.78, 5) is 91.8. The molecule has 0 aliphatic carbocycles. The molecule has 0 aromatic heterocycles. The number of carboxylic acids is 1. The van der Waals surface area contributed by atoms with Crippen molar-refractivity contribution in [1.82, 2.24) is 21.5 Å². The van der Waals surface area contributed by atoms with Crippen molar-refractivity contribution >= 4 is 157 Å². The fourth-order valence-corrected chi connectivity index (χ4v) is 9.75. The van der Waals surface area contributed by atoms with E-state index in [0.717, 1.165) is 94.2 Å². The number of aromatic carboxylic acids is 1. The van der Waals surface area contributed by atoms with Gasteiger partial charge in [-0.1, -0.05) is 58.5 Å². The largest absolute Gasteiger partial charge is 0.508 e. The number of halogens is 13. The third kappa shape index (κ3) is 50.4. The smallest absolute Gasteiger partial charge is 0.369 e. The van der Waals surface area contributed by atoms with E-state index < -0.39 is 107 Å². The van der Waals surface area contributed by atoms with Crippen LogP contribution in [-0.2, 0) is 80.1 Å². The number of nitrogens with one attached hydrogen (secondary N) is 6. The Bertz CT molecular complexity index is 4610. The Labute approximate surface area is 752 Å². The van der Waals surface area contributed by atoms with E-state index in [1.54, 1.807) is 45.4 Å². The monoisotopic (exact) mass is 1920 g/mol. The molecule has 0 saturated carbocycles. The summed E-state index contributed by atoms with van der Waals surface area (Å²) in [6.45, 7) is 14.5. The van der Waals surface area contributed by atoms with Gasteiger partial charge in [-0.25, -0.2) is 71.4 Å². The molecule has 12 radical (unpaired) electrons. The maximum Gasteiger partial charge on any atom is 0.369 e. The highest BCUT2D eigenvalue weighted by molar-refractivity contribution is 9.69. The molecule has 0 heterocycles. The van der Waals surface area contributed by atoms with Gasteiger partial charge < -0.3 is 40.5 Å². The molecule has 4 amide bonds. The van der Waals surface area contributed by atoms with Crippen LogP contribution in [-0.4, -0.2) is 160 Å². The van der Waals surface area contributed by atoms with Crippen molar-refractivity contribution in [3.05, 3.63) is 263 Å². The molecule has 14 N–H and O–H groups in total. The number of hydrogen-bond donors (Lipinski definition) is 10. The highest BCUT2D eigenvalue weighted by Gasteiger charge is 2.20. The third-order valence-electron chi connectivity index (χ3n) is 15.4. The second-order valence-electron chi connectivity index (χ2n) is 24.1. The SMILES string of the molecule is BrB(Br)Br.C.CC#CC.CCc1c(C(=O)CNC(=O)Cc2ccc(F)c(F)c2)ccc(O)c1C.CCc1c(C(=O)CNC(=O)Cc2ccc(F)c(F)c2)ccc(OC)c1C.CCc1c(C(=O)O)ccc(OC)c1C.COC(=O)Cc1ccc(F)c(F)c1.N=N.NNC(=O)Cc1ccc(F)c(F)c1.NNC(=O)Cc1ccc(F)c(F)c1.O.[2HH].[B]B([B])[B].[B]B([B])[B].[HH]. The molecule has 0 aliphatic heterocycles.